The Labute approximate surface area is 209 Å². The highest BCUT2D eigenvalue weighted by Gasteiger charge is 2.40. The predicted octanol–water partition coefficient (Wildman–Crippen LogP) is 3.64. The quantitative estimate of drug-likeness (QED) is 0.439. The summed E-state index contributed by atoms with van der Waals surface area (Å²) in [6, 6.07) is 15.9. The lowest BCUT2D eigenvalue weighted by molar-refractivity contribution is -0.00706. The standard InChI is InChI=1S/C28H32N4O4/c1-28(2)16-36-25(18-8-12-19(13-9-18)29(3)4)24-23-21(26(33)31(6)27(34)30(23)5)22(32(24)28)17-10-14-20(35-7)15-11-17/h8-15,25H,16H2,1-7H3. The lowest BCUT2D eigenvalue weighted by Gasteiger charge is -2.39. The second kappa shape index (κ2) is 8.41. The van der Waals surface area contributed by atoms with Crippen LogP contribution in [0.4, 0.5) is 5.69 Å². The molecule has 1 unspecified atom stereocenters. The van der Waals surface area contributed by atoms with Gasteiger partial charge in [0.25, 0.3) is 5.56 Å². The van der Waals surface area contributed by atoms with Crippen LogP contribution in [0, 0.1) is 0 Å². The second-order valence-corrected chi connectivity index (χ2v) is 10.2. The molecule has 188 valence electrons. The molecule has 0 fully saturated rings. The zero-order chi connectivity index (χ0) is 25.9. The van der Waals surface area contributed by atoms with E-state index in [1.54, 1.807) is 18.7 Å². The van der Waals surface area contributed by atoms with Crippen LogP contribution in [0.2, 0.25) is 0 Å². The topological polar surface area (TPSA) is 70.6 Å². The molecule has 0 amide bonds. The van der Waals surface area contributed by atoms with E-state index < -0.39 is 11.6 Å². The minimum absolute atomic E-state index is 0.321. The highest BCUT2D eigenvalue weighted by Crippen LogP contribution is 2.45. The molecule has 36 heavy (non-hydrogen) atoms. The average molecular weight is 489 g/mol. The van der Waals surface area contributed by atoms with Gasteiger partial charge < -0.3 is 18.9 Å². The molecule has 4 aromatic rings. The monoisotopic (exact) mass is 488 g/mol. The fourth-order valence-electron chi connectivity index (χ4n) is 5.22. The van der Waals surface area contributed by atoms with Gasteiger partial charge in [-0.25, -0.2) is 4.79 Å². The number of aryl methyl sites for hydroxylation is 1. The van der Waals surface area contributed by atoms with Crippen LogP contribution in [0.5, 0.6) is 5.75 Å². The Morgan fingerprint density at radius 3 is 2.19 bits per heavy atom. The maximum absolute atomic E-state index is 13.7. The maximum Gasteiger partial charge on any atom is 0.331 e. The number of benzene rings is 2. The van der Waals surface area contributed by atoms with E-state index in [1.807, 2.05) is 55.4 Å². The van der Waals surface area contributed by atoms with Gasteiger partial charge in [0, 0.05) is 33.9 Å². The number of ether oxygens (including phenoxy) is 2. The number of anilines is 1. The third-order valence-electron chi connectivity index (χ3n) is 7.14. The molecule has 1 atom stereocenters. The zero-order valence-corrected chi connectivity index (χ0v) is 21.8. The Morgan fingerprint density at radius 2 is 1.61 bits per heavy atom. The molecule has 0 aliphatic carbocycles. The summed E-state index contributed by atoms with van der Waals surface area (Å²) >= 11 is 0. The van der Waals surface area contributed by atoms with Gasteiger partial charge in [-0.3, -0.25) is 13.9 Å². The van der Waals surface area contributed by atoms with E-state index in [2.05, 4.69) is 30.5 Å². The molecule has 8 heteroatoms. The highest BCUT2D eigenvalue weighted by molar-refractivity contribution is 5.97. The van der Waals surface area contributed by atoms with Gasteiger partial charge in [-0.1, -0.05) is 12.1 Å². The van der Waals surface area contributed by atoms with Gasteiger partial charge in [0.15, 0.2) is 0 Å². The van der Waals surface area contributed by atoms with Crippen molar-refractivity contribution in [3.8, 4) is 17.0 Å². The molecule has 0 saturated carbocycles. The van der Waals surface area contributed by atoms with Crippen molar-refractivity contribution in [2.24, 2.45) is 14.1 Å². The van der Waals surface area contributed by atoms with E-state index in [-0.39, 0.29) is 11.2 Å². The van der Waals surface area contributed by atoms with Crippen molar-refractivity contribution >= 4 is 16.6 Å². The molecule has 2 aromatic heterocycles. The van der Waals surface area contributed by atoms with Gasteiger partial charge >= 0.3 is 5.69 Å². The Kier molecular flexibility index (Phi) is 5.59. The number of methoxy groups -OCH3 is 1. The summed E-state index contributed by atoms with van der Waals surface area (Å²) in [5.41, 5.74) is 3.95. The number of aromatic nitrogens is 3. The molecule has 0 radical (unpaired) electrons. The van der Waals surface area contributed by atoms with Crippen LogP contribution < -0.4 is 20.9 Å². The molecule has 0 N–H and O–H groups in total. The zero-order valence-electron chi connectivity index (χ0n) is 21.8. The number of fused-ring (bicyclic) bond motifs is 3. The molecule has 1 aliphatic heterocycles. The molecule has 5 rings (SSSR count). The summed E-state index contributed by atoms with van der Waals surface area (Å²) in [5.74, 6) is 0.732. The highest BCUT2D eigenvalue weighted by atomic mass is 16.5. The number of nitrogens with zero attached hydrogens (tertiary/aromatic N) is 4. The van der Waals surface area contributed by atoms with E-state index in [0.717, 1.165) is 34.0 Å². The second-order valence-electron chi connectivity index (χ2n) is 10.2. The van der Waals surface area contributed by atoms with Gasteiger partial charge in [0.1, 0.15) is 11.9 Å². The Balaban J connectivity index is 1.91. The van der Waals surface area contributed by atoms with Crippen LogP contribution in [0.3, 0.4) is 0 Å². The Bertz CT molecular complexity index is 1570. The normalized spacial score (nSPS) is 16.7. The first-order valence-corrected chi connectivity index (χ1v) is 11.9. The molecule has 2 aromatic carbocycles. The van der Waals surface area contributed by atoms with Crippen molar-refractivity contribution in [1.29, 1.82) is 0 Å². The van der Waals surface area contributed by atoms with Crippen LogP contribution in [-0.4, -0.2) is 41.5 Å². The van der Waals surface area contributed by atoms with Crippen molar-refractivity contribution in [2.75, 3.05) is 32.7 Å². The number of rotatable bonds is 4. The molecular formula is C28H32N4O4. The first-order valence-electron chi connectivity index (χ1n) is 11.9. The summed E-state index contributed by atoms with van der Waals surface area (Å²) in [7, 11) is 8.87. The van der Waals surface area contributed by atoms with E-state index in [9.17, 15) is 9.59 Å². The molecular weight excluding hydrogens is 456 g/mol. The Hall–Kier alpha value is -3.78. The van der Waals surface area contributed by atoms with Crippen molar-refractivity contribution in [2.45, 2.75) is 25.5 Å². The predicted molar refractivity (Wildman–Crippen MR) is 142 cm³/mol. The first-order chi connectivity index (χ1) is 17.1. The van der Waals surface area contributed by atoms with Crippen LogP contribution in [-0.2, 0) is 24.4 Å². The number of hydrogen-bond acceptors (Lipinski definition) is 5. The number of hydrogen-bond donors (Lipinski definition) is 0. The SMILES string of the molecule is COc1ccc(-c2c3c(=O)n(C)c(=O)n(C)c3c3n2C(C)(C)COC3c2ccc(N(C)C)cc2)cc1. The summed E-state index contributed by atoms with van der Waals surface area (Å²) in [5, 5.41) is 0.508. The third-order valence-corrected chi connectivity index (χ3v) is 7.14. The fourth-order valence-corrected chi connectivity index (χ4v) is 5.22. The Morgan fingerprint density at radius 1 is 0.972 bits per heavy atom. The summed E-state index contributed by atoms with van der Waals surface area (Å²) in [6.07, 6.45) is -0.443. The van der Waals surface area contributed by atoms with E-state index in [0.29, 0.717) is 17.5 Å². The van der Waals surface area contributed by atoms with E-state index in [4.69, 9.17) is 9.47 Å². The van der Waals surface area contributed by atoms with E-state index >= 15 is 0 Å². The van der Waals surface area contributed by atoms with Crippen LogP contribution in [0.1, 0.15) is 31.2 Å². The largest absolute Gasteiger partial charge is 0.497 e. The summed E-state index contributed by atoms with van der Waals surface area (Å²) in [6.45, 7) is 4.63. The summed E-state index contributed by atoms with van der Waals surface area (Å²) in [4.78, 5) is 28.8. The third kappa shape index (κ3) is 3.47. The first kappa shape index (κ1) is 23.9. The van der Waals surface area contributed by atoms with Crippen molar-refractivity contribution in [3.05, 3.63) is 80.6 Å². The minimum atomic E-state index is -0.468. The van der Waals surface area contributed by atoms with Gasteiger partial charge in [0.05, 0.1) is 41.5 Å². The molecule has 8 nitrogen and oxygen atoms in total. The van der Waals surface area contributed by atoms with Crippen LogP contribution >= 0.6 is 0 Å². The van der Waals surface area contributed by atoms with Gasteiger partial charge in [-0.2, -0.15) is 0 Å². The average Bonchev–Trinajstić information content (AvgIpc) is 3.24. The molecule has 3 heterocycles. The van der Waals surface area contributed by atoms with Crippen molar-refractivity contribution in [1.82, 2.24) is 13.7 Å². The van der Waals surface area contributed by atoms with Crippen LogP contribution in [0.15, 0.2) is 58.1 Å². The minimum Gasteiger partial charge on any atom is -0.497 e. The molecule has 0 saturated heterocycles. The lowest BCUT2D eigenvalue weighted by atomic mass is 9.98. The maximum atomic E-state index is 13.7. The molecule has 1 aliphatic rings. The lowest BCUT2D eigenvalue weighted by Crippen LogP contribution is -2.40. The van der Waals surface area contributed by atoms with Crippen molar-refractivity contribution in [3.63, 3.8) is 0 Å². The van der Waals surface area contributed by atoms with Crippen LogP contribution in [0.25, 0.3) is 22.2 Å². The fraction of sp³-hybridized carbons (Fsp3) is 0.357. The molecule has 0 bridgehead atoms. The summed E-state index contributed by atoms with van der Waals surface area (Å²) < 4.78 is 16.8. The van der Waals surface area contributed by atoms with Gasteiger partial charge in [-0.15, -0.1) is 0 Å². The smallest absolute Gasteiger partial charge is 0.331 e. The van der Waals surface area contributed by atoms with Gasteiger partial charge in [-0.05, 0) is 61.4 Å². The van der Waals surface area contributed by atoms with E-state index in [1.165, 1.54) is 11.6 Å². The van der Waals surface area contributed by atoms with Gasteiger partial charge in [0.2, 0.25) is 0 Å². The molecule has 0 spiro atoms. The van der Waals surface area contributed by atoms with Crippen molar-refractivity contribution < 1.29 is 9.47 Å².